The lowest BCUT2D eigenvalue weighted by molar-refractivity contribution is -0.118. The molecule has 1 aliphatic rings. The number of anilines is 1. The standard InChI is InChI=1S/C23H28FNO4S/c1-5-28-22(27)20-17-11-6-14(23(2,3)4)12-18(17)30-21(20)25-19(26)13-29-16-9-7-15(24)8-10-16/h7-10,14H,5-6,11-13H2,1-4H3,(H,25,26)/t14-/m1/s1. The van der Waals surface area contributed by atoms with Gasteiger partial charge in [0.1, 0.15) is 16.6 Å². The van der Waals surface area contributed by atoms with Gasteiger partial charge in [-0.25, -0.2) is 9.18 Å². The first-order valence-corrected chi connectivity index (χ1v) is 11.0. The van der Waals surface area contributed by atoms with Crippen molar-refractivity contribution in [1.29, 1.82) is 0 Å². The fourth-order valence-electron chi connectivity index (χ4n) is 3.67. The molecule has 1 heterocycles. The number of hydrogen-bond acceptors (Lipinski definition) is 5. The summed E-state index contributed by atoms with van der Waals surface area (Å²) in [5, 5.41) is 3.34. The van der Waals surface area contributed by atoms with Crippen LogP contribution in [0.5, 0.6) is 5.75 Å². The fraction of sp³-hybridized carbons (Fsp3) is 0.478. The minimum Gasteiger partial charge on any atom is -0.484 e. The summed E-state index contributed by atoms with van der Waals surface area (Å²) >= 11 is 1.45. The number of nitrogens with one attached hydrogen (secondary N) is 1. The molecule has 5 nitrogen and oxygen atoms in total. The summed E-state index contributed by atoms with van der Waals surface area (Å²) in [5.41, 5.74) is 1.64. The average molecular weight is 434 g/mol. The van der Waals surface area contributed by atoms with Crippen molar-refractivity contribution in [2.75, 3.05) is 18.5 Å². The van der Waals surface area contributed by atoms with Gasteiger partial charge in [0.05, 0.1) is 12.2 Å². The second-order valence-electron chi connectivity index (χ2n) is 8.52. The highest BCUT2D eigenvalue weighted by atomic mass is 32.1. The number of fused-ring (bicyclic) bond motifs is 1. The Bertz CT molecular complexity index is 915. The summed E-state index contributed by atoms with van der Waals surface area (Å²) < 4.78 is 23.7. The Kier molecular flexibility index (Phi) is 6.81. The van der Waals surface area contributed by atoms with E-state index in [1.807, 2.05) is 0 Å². The molecule has 0 saturated heterocycles. The molecule has 0 unspecified atom stereocenters. The first-order valence-electron chi connectivity index (χ1n) is 10.2. The number of ether oxygens (including phenoxy) is 2. The summed E-state index contributed by atoms with van der Waals surface area (Å²) in [5.74, 6) is -0.238. The van der Waals surface area contributed by atoms with Crippen LogP contribution in [0.3, 0.4) is 0 Å². The van der Waals surface area contributed by atoms with Crippen LogP contribution in [0.2, 0.25) is 0 Å². The molecular weight excluding hydrogens is 405 g/mol. The number of thiophene rings is 1. The lowest BCUT2D eigenvalue weighted by atomic mass is 9.72. The van der Waals surface area contributed by atoms with Crippen LogP contribution in [-0.4, -0.2) is 25.1 Å². The van der Waals surface area contributed by atoms with Gasteiger partial charge in [0.2, 0.25) is 0 Å². The molecule has 0 radical (unpaired) electrons. The minimum absolute atomic E-state index is 0.179. The van der Waals surface area contributed by atoms with Gasteiger partial charge >= 0.3 is 5.97 Å². The van der Waals surface area contributed by atoms with E-state index in [0.29, 0.717) is 22.2 Å². The van der Waals surface area contributed by atoms with Gasteiger partial charge in [0.25, 0.3) is 5.91 Å². The van der Waals surface area contributed by atoms with Gasteiger partial charge in [0, 0.05) is 4.88 Å². The summed E-state index contributed by atoms with van der Waals surface area (Å²) in [6.07, 6.45) is 2.68. The van der Waals surface area contributed by atoms with Crippen molar-refractivity contribution in [3.8, 4) is 5.75 Å². The molecule has 0 fully saturated rings. The van der Waals surface area contributed by atoms with Crippen molar-refractivity contribution in [3.05, 3.63) is 46.1 Å². The van der Waals surface area contributed by atoms with Crippen LogP contribution in [0.1, 0.15) is 54.9 Å². The van der Waals surface area contributed by atoms with Crippen molar-refractivity contribution in [1.82, 2.24) is 0 Å². The molecule has 162 valence electrons. The third kappa shape index (κ3) is 5.19. The van der Waals surface area contributed by atoms with Crippen LogP contribution in [-0.2, 0) is 22.4 Å². The molecule has 0 aliphatic heterocycles. The summed E-state index contributed by atoms with van der Waals surface area (Å²) in [7, 11) is 0. The van der Waals surface area contributed by atoms with Gasteiger partial charge in [-0.2, -0.15) is 0 Å². The van der Waals surface area contributed by atoms with Crippen LogP contribution in [0, 0.1) is 17.2 Å². The molecule has 1 atom stereocenters. The van der Waals surface area contributed by atoms with Crippen LogP contribution in [0.4, 0.5) is 9.39 Å². The van der Waals surface area contributed by atoms with Gasteiger partial charge in [-0.1, -0.05) is 20.8 Å². The van der Waals surface area contributed by atoms with Crippen molar-refractivity contribution in [2.45, 2.75) is 47.0 Å². The summed E-state index contributed by atoms with van der Waals surface area (Å²) in [6.45, 7) is 8.51. The van der Waals surface area contributed by atoms with E-state index in [1.54, 1.807) is 6.92 Å². The maximum Gasteiger partial charge on any atom is 0.341 e. The molecule has 1 aromatic carbocycles. The monoisotopic (exact) mass is 433 g/mol. The number of rotatable bonds is 6. The minimum atomic E-state index is -0.404. The predicted molar refractivity (Wildman–Crippen MR) is 116 cm³/mol. The highest BCUT2D eigenvalue weighted by Gasteiger charge is 2.34. The first-order chi connectivity index (χ1) is 14.2. The molecule has 1 N–H and O–H groups in total. The van der Waals surface area contributed by atoms with Crippen LogP contribution in [0.15, 0.2) is 24.3 Å². The summed E-state index contributed by atoms with van der Waals surface area (Å²) in [6, 6.07) is 5.46. The Morgan fingerprint density at radius 1 is 1.23 bits per heavy atom. The van der Waals surface area contributed by atoms with Crippen molar-refractivity contribution >= 4 is 28.2 Å². The van der Waals surface area contributed by atoms with Crippen LogP contribution in [0.25, 0.3) is 0 Å². The zero-order valence-corrected chi connectivity index (χ0v) is 18.7. The Labute approximate surface area is 180 Å². The summed E-state index contributed by atoms with van der Waals surface area (Å²) in [4.78, 5) is 26.2. The second kappa shape index (κ2) is 9.16. The molecule has 30 heavy (non-hydrogen) atoms. The normalized spacial score (nSPS) is 16.0. The van der Waals surface area contributed by atoms with Crippen LogP contribution < -0.4 is 10.1 Å². The maximum atomic E-state index is 13.0. The molecule has 1 amide bonds. The number of amides is 1. The van der Waals surface area contributed by atoms with E-state index in [0.717, 1.165) is 29.7 Å². The number of halogens is 1. The zero-order valence-electron chi connectivity index (χ0n) is 17.8. The van der Waals surface area contributed by atoms with Crippen molar-refractivity contribution in [3.63, 3.8) is 0 Å². The van der Waals surface area contributed by atoms with E-state index in [2.05, 4.69) is 26.1 Å². The molecule has 3 rings (SSSR count). The molecule has 0 bridgehead atoms. The van der Waals surface area contributed by atoms with E-state index in [1.165, 1.54) is 35.6 Å². The Balaban J connectivity index is 1.77. The molecular formula is C23H28FNO4S. The molecule has 7 heteroatoms. The topological polar surface area (TPSA) is 64.6 Å². The first kappa shape index (κ1) is 22.3. The van der Waals surface area contributed by atoms with E-state index >= 15 is 0 Å². The number of hydrogen-bond donors (Lipinski definition) is 1. The van der Waals surface area contributed by atoms with Gasteiger partial charge in [-0.05, 0) is 67.3 Å². The molecule has 0 spiro atoms. The molecule has 2 aromatic rings. The number of carbonyl (C=O) groups excluding carboxylic acids is 2. The van der Waals surface area contributed by atoms with Crippen molar-refractivity contribution < 1.29 is 23.5 Å². The molecule has 1 aromatic heterocycles. The van der Waals surface area contributed by atoms with E-state index in [4.69, 9.17) is 9.47 Å². The third-order valence-electron chi connectivity index (χ3n) is 5.41. The lowest BCUT2D eigenvalue weighted by Gasteiger charge is -2.33. The highest BCUT2D eigenvalue weighted by molar-refractivity contribution is 7.17. The van der Waals surface area contributed by atoms with E-state index in [9.17, 15) is 14.0 Å². The number of benzene rings is 1. The van der Waals surface area contributed by atoms with Crippen LogP contribution >= 0.6 is 11.3 Å². The average Bonchev–Trinajstić information content (AvgIpc) is 3.04. The largest absolute Gasteiger partial charge is 0.484 e. The molecule has 1 aliphatic carbocycles. The SMILES string of the molecule is CCOC(=O)c1c(NC(=O)COc2ccc(F)cc2)sc2c1CC[C@@H](C(C)(C)C)C2. The fourth-order valence-corrected chi connectivity index (χ4v) is 5.01. The quantitative estimate of drug-likeness (QED) is 0.634. The Hall–Kier alpha value is -2.41. The van der Waals surface area contributed by atoms with Gasteiger partial charge < -0.3 is 14.8 Å². The zero-order chi connectivity index (χ0) is 21.9. The third-order valence-corrected chi connectivity index (χ3v) is 6.58. The smallest absolute Gasteiger partial charge is 0.341 e. The Morgan fingerprint density at radius 3 is 2.57 bits per heavy atom. The van der Waals surface area contributed by atoms with Gasteiger partial charge in [-0.3, -0.25) is 4.79 Å². The Morgan fingerprint density at radius 2 is 1.93 bits per heavy atom. The van der Waals surface area contributed by atoms with Crippen molar-refractivity contribution in [2.24, 2.45) is 11.3 Å². The van der Waals surface area contributed by atoms with Gasteiger partial charge in [0.15, 0.2) is 6.61 Å². The van der Waals surface area contributed by atoms with E-state index < -0.39 is 5.97 Å². The number of esters is 1. The number of carbonyl (C=O) groups is 2. The maximum absolute atomic E-state index is 13.0. The highest BCUT2D eigenvalue weighted by Crippen LogP contribution is 2.44. The van der Waals surface area contributed by atoms with E-state index in [-0.39, 0.29) is 30.4 Å². The molecule has 0 saturated carbocycles. The van der Waals surface area contributed by atoms with Gasteiger partial charge in [-0.15, -0.1) is 11.3 Å². The lowest BCUT2D eigenvalue weighted by Crippen LogP contribution is -2.26. The second-order valence-corrected chi connectivity index (χ2v) is 9.63. The predicted octanol–water partition coefficient (Wildman–Crippen LogP) is 5.23.